The monoisotopic (exact) mass is 391 g/mol. The zero-order valence-corrected chi connectivity index (χ0v) is 14.4. The standard InChI is InChI=1S/C15H13ClF3N3O4/c1-7-10(8(2)26-22-7)4-13(24)25-6-12(23)21-14-11(16)3-9(5-20-14)15(17,18)19/h3,5H,4,6H2,1-2H3,(H,20,21,23). The lowest BCUT2D eigenvalue weighted by molar-refractivity contribution is -0.146. The summed E-state index contributed by atoms with van der Waals surface area (Å²) >= 11 is 5.67. The molecule has 0 saturated heterocycles. The van der Waals surface area contributed by atoms with Crippen molar-refractivity contribution in [2.24, 2.45) is 0 Å². The molecule has 2 aromatic rings. The lowest BCUT2D eigenvalue weighted by Gasteiger charge is -2.10. The maximum atomic E-state index is 12.5. The molecule has 2 aromatic heterocycles. The Morgan fingerprint density at radius 2 is 2.04 bits per heavy atom. The summed E-state index contributed by atoms with van der Waals surface area (Å²) in [4.78, 5) is 27.0. The van der Waals surface area contributed by atoms with Gasteiger partial charge in [-0.15, -0.1) is 0 Å². The predicted molar refractivity (Wildman–Crippen MR) is 83.5 cm³/mol. The van der Waals surface area contributed by atoms with Crippen LogP contribution in [0.15, 0.2) is 16.8 Å². The minimum atomic E-state index is -4.60. The highest BCUT2D eigenvalue weighted by atomic mass is 35.5. The number of alkyl halides is 3. The van der Waals surface area contributed by atoms with Crippen molar-refractivity contribution in [3.63, 3.8) is 0 Å². The fraction of sp³-hybridized carbons (Fsp3) is 0.333. The van der Waals surface area contributed by atoms with Crippen molar-refractivity contribution in [2.75, 3.05) is 11.9 Å². The highest BCUT2D eigenvalue weighted by Crippen LogP contribution is 2.32. The van der Waals surface area contributed by atoms with Crippen LogP contribution in [0.5, 0.6) is 0 Å². The molecule has 0 aliphatic heterocycles. The van der Waals surface area contributed by atoms with Gasteiger partial charge in [0.25, 0.3) is 5.91 Å². The average molecular weight is 392 g/mol. The molecule has 0 aliphatic carbocycles. The number of pyridine rings is 1. The van der Waals surface area contributed by atoms with E-state index in [0.29, 0.717) is 29.3 Å². The molecule has 1 amide bonds. The number of aryl methyl sites for hydroxylation is 2. The molecule has 0 radical (unpaired) electrons. The van der Waals surface area contributed by atoms with Crippen LogP contribution in [0.1, 0.15) is 22.6 Å². The summed E-state index contributed by atoms with van der Waals surface area (Å²) in [7, 11) is 0. The third-order valence-corrected chi connectivity index (χ3v) is 3.58. The van der Waals surface area contributed by atoms with Gasteiger partial charge in [-0.25, -0.2) is 4.98 Å². The zero-order valence-electron chi connectivity index (χ0n) is 13.6. The topological polar surface area (TPSA) is 94.3 Å². The molecule has 0 fully saturated rings. The fourth-order valence-electron chi connectivity index (χ4n) is 1.95. The Kier molecular flexibility index (Phi) is 5.86. The summed E-state index contributed by atoms with van der Waals surface area (Å²) in [6.07, 6.45) is -4.20. The zero-order chi connectivity index (χ0) is 19.5. The van der Waals surface area contributed by atoms with E-state index in [2.05, 4.69) is 15.5 Å². The first-order valence-corrected chi connectivity index (χ1v) is 7.55. The SMILES string of the molecule is Cc1noc(C)c1CC(=O)OCC(=O)Nc1ncc(C(F)(F)F)cc1Cl. The van der Waals surface area contributed by atoms with Crippen LogP contribution >= 0.6 is 11.6 Å². The van der Waals surface area contributed by atoms with E-state index < -0.39 is 35.2 Å². The lowest BCUT2D eigenvalue weighted by Crippen LogP contribution is -2.22. The number of esters is 1. The fourth-order valence-corrected chi connectivity index (χ4v) is 2.16. The van der Waals surface area contributed by atoms with Crippen LogP contribution in [0.3, 0.4) is 0 Å². The van der Waals surface area contributed by atoms with E-state index in [-0.39, 0.29) is 12.2 Å². The molecular formula is C15H13ClF3N3O4. The second-order valence-corrected chi connectivity index (χ2v) is 5.65. The summed E-state index contributed by atoms with van der Waals surface area (Å²) < 4.78 is 47.3. The summed E-state index contributed by atoms with van der Waals surface area (Å²) in [5, 5.41) is 5.46. The largest absolute Gasteiger partial charge is 0.455 e. The van der Waals surface area contributed by atoms with Crippen molar-refractivity contribution in [2.45, 2.75) is 26.4 Å². The van der Waals surface area contributed by atoms with Crippen LogP contribution in [0.2, 0.25) is 5.02 Å². The van der Waals surface area contributed by atoms with E-state index in [4.69, 9.17) is 20.9 Å². The van der Waals surface area contributed by atoms with Crippen LogP contribution in [0.25, 0.3) is 0 Å². The number of anilines is 1. The minimum absolute atomic E-state index is 0.131. The van der Waals surface area contributed by atoms with Gasteiger partial charge in [-0.3, -0.25) is 9.59 Å². The molecule has 0 aromatic carbocycles. The van der Waals surface area contributed by atoms with Crippen LogP contribution in [-0.4, -0.2) is 28.6 Å². The molecule has 0 atom stereocenters. The first-order chi connectivity index (χ1) is 12.1. The van der Waals surface area contributed by atoms with Gasteiger partial charge >= 0.3 is 12.1 Å². The number of amides is 1. The van der Waals surface area contributed by atoms with Crippen molar-refractivity contribution in [3.8, 4) is 0 Å². The molecular weight excluding hydrogens is 379 g/mol. The number of rotatable bonds is 5. The molecule has 26 heavy (non-hydrogen) atoms. The number of carbonyl (C=O) groups excluding carboxylic acids is 2. The molecule has 0 bridgehead atoms. The van der Waals surface area contributed by atoms with E-state index in [1.54, 1.807) is 13.8 Å². The third-order valence-electron chi connectivity index (χ3n) is 3.29. The number of halogens is 4. The second kappa shape index (κ2) is 7.73. The number of aromatic nitrogens is 2. The van der Waals surface area contributed by atoms with E-state index in [1.807, 2.05) is 0 Å². The Balaban J connectivity index is 1.90. The quantitative estimate of drug-likeness (QED) is 0.787. The summed E-state index contributed by atoms with van der Waals surface area (Å²) in [5.74, 6) is -1.30. The van der Waals surface area contributed by atoms with E-state index >= 15 is 0 Å². The Morgan fingerprint density at radius 3 is 2.58 bits per heavy atom. The van der Waals surface area contributed by atoms with Crippen LogP contribution in [-0.2, 0) is 26.9 Å². The van der Waals surface area contributed by atoms with Crippen LogP contribution in [0, 0.1) is 13.8 Å². The van der Waals surface area contributed by atoms with Gasteiger partial charge in [0.15, 0.2) is 12.4 Å². The molecule has 2 rings (SSSR count). The molecule has 1 N–H and O–H groups in total. The van der Waals surface area contributed by atoms with Crippen LogP contribution in [0.4, 0.5) is 19.0 Å². The smallest absolute Gasteiger partial charge is 0.417 e. The van der Waals surface area contributed by atoms with Crippen molar-refractivity contribution in [1.29, 1.82) is 0 Å². The van der Waals surface area contributed by atoms with Gasteiger partial charge in [0.1, 0.15) is 5.76 Å². The maximum absolute atomic E-state index is 12.5. The molecule has 0 saturated carbocycles. The average Bonchev–Trinajstić information content (AvgIpc) is 2.86. The molecule has 7 nitrogen and oxygen atoms in total. The van der Waals surface area contributed by atoms with Gasteiger partial charge in [-0.2, -0.15) is 13.2 Å². The Bertz CT molecular complexity index is 817. The Labute approximate surface area is 150 Å². The number of hydrogen-bond acceptors (Lipinski definition) is 6. The molecule has 0 spiro atoms. The Morgan fingerprint density at radius 1 is 1.35 bits per heavy atom. The molecule has 140 valence electrons. The van der Waals surface area contributed by atoms with Gasteiger partial charge in [0.2, 0.25) is 0 Å². The van der Waals surface area contributed by atoms with E-state index in [0.717, 1.165) is 0 Å². The second-order valence-electron chi connectivity index (χ2n) is 5.24. The lowest BCUT2D eigenvalue weighted by atomic mass is 10.1. The number of hydrogen-bond donors (Lipinski definition) is 1. The molecule has 11 heteroatoms. The van der Waals surface area contributed by atoms with Crippen molar-refractivity contribution in [3.05, 3.63) is 39.9 Å². The van der Waals surface area contributed by atoms with Crippen molar-refractivity contribution >= 4 is 29.3 Å². The maximum Gasteiger partial charge on any atom is 0.417 e. The summed E-state index contributed by atoms with van der Waals surface area (Å²) in [6.45, 7) is 2.64. The number of ether oxygens (including phenoxy) is 1. The number of carbonyl (C=O) groups is 2. The minimum Gasteiger partial charge on any atom is -0.455 e. The van der Waals surface area contributed by atoms with Gasteiger partial charge in [0.05, 0.1) is 22.7 Å². The normalized spacial score (nSPS) is 11.3. The molecule has 2 heterocycles. The third kappa shape index (κ3) is 4.94. The molecule has 0 unspecified atom stereocenters. The summed E-state index contributed by atoms with van der Waals surface area (Å²) in [5.41, 5.74) is 0.0406. The van der Waals surface area contributed by atoms with Crippen molar-refractivity contribution < 1.29 is 32.0 Å². The number of nitrogens with zero attached hydrogens (tertiary/aromatic N) is 2. The van der Waals surface area contributed by atoms with Crippen LogP contribution < -0.4 is 5.32 Å². The highest BCUT2D eigenvalue weighted by Gasteiger charge is 2.31. The first-order valence-electron chi connectivity index (χ1n) is 7.18. The van der Waals surface area contributed by atoms with Crippen molar-refractivity contribution in [1.82, 2.24) is 10.1 Å². The van der Waals surface area contributed by atoms with E-state index in [1.165, 1.54) is 0 Å². The summed E-state index contributed by atoms with van der Waals surface area (Å²) in [6, 6.07) is 0.633. The van der Waals surface area contributed by atoms with Gasteiger partial charge in [-0.1, -0.05) is 16.8 Å². The molecule has 0 aliphatic rings. The highest BCUT2D eigenvalue weighted by molar-refractivity contribution is 6.33. The van der Waals surface area contributed by atoms with Gasteiger partial charge in [0, 0.05) is 11.8 Å². The van der Waals surface area contributed by atoms with Gasteiger partial charge in [-0.05, 0) is 19.9 Å². The predicted octanol–water partition coefficient (Wildman–Crippen LogP) is 3.08. The first kappa shape index (κ1) is 19.7. The number of nitrogens with one attached hydrogen (secondary N) is 1. The Hall–Kier alpha value is -2.62. The van der Waals surface area contributed by atoms with Gasteiger partial charge < -0.3 is 14.6 Å². The van der Waals surface area contributed by atoms with E-state index in [9.17, 15) is 22.8 Å².